The normalized spacial score (nSPS) is 12.3. The van der Waals surface area contributed by atoms with Crippen molar-refractivity contribution in [3.63, 3.8) is 0 Å². The van der Waals surface area contributed by atoms with Crippen LogP contribution < -0.4 is 0 Å². The molecule has 3 rings (SSSR count). The molecule has 2 N–H and O–H groups in total. The van der Waals surface area contributed by atoms with Gasteiger partial charge in [0.05, 0.1) is 30.5 Å². The molecule has 2 heterocycles. The molecule has 7 heteroatoms. The van der Waals surface area contributed by atoms with Crippen molar-refractivity contribution >= 4 is 5.97 Å². The number of carbonyl (C=O) groups is 1. The summed E-state index contributed by atoms with van der Waals surface area (Å²) in [5.74, 6) is -1.11. The summed E-state index contributed by atoms with van der Waals surface area (Å²) in [6, 6.07) is 8.42. The highest BCUT2D eigenvalue weighted by molar-refractivity contribution is 5.82. The summed E-state index contributed by atoms with van der Waals surface area (Å²) in [6.45, 7) is 1.38. The van der Waals surface area contributed by atoms with Crippen molar-refractivity contribution in [2.75, 3.05) is 6.61 Å². The first kappa shape index (κ1) is 15.9. The maximum Gasteiger partial charge on any atom is 0.329 e. The predicted octanol–water partition coefficient (Wildman–Crippen LogP) is 1.88. The molecule has 2 aromatic heterocycles. The summed E-state index contributed by atoms with van der Waals surface area (Å²) >= 11 is 0. The Labute approximate surface area is 138 Å². The number of carboxylic acids is 1. The molecule has 0 saturated carbocycles. The molecule has 7 nitrogen and oxygen atoms in total. The lowest BCUT2D eigenvalue weighted by Crippen LogP contribution is -2.22. The molecule has 3 aromatic rings. The predicted molar refractivity (Wildman–Crippen MR) is 88.4 cm³/mol. The van der Waals surface area contributed by atoms with Crippen LogP contribution in [0.2, 0.25) is 0 Å². The molecule has 0 saturated heterocycles. The third kappa shape index (κ3) is 2.59. The number of aryl methyl sites for hydroxylation is 1. The summed E-state index contributed by atoms with van der Waals surface area (Å²) in [5.41, 5.74) is 3.83. The first-order chi connectivity index (χ1) is 11.5. The Morgan fingerprint density at radius 1 is 1.29 bits per heavy atom. The molecular weight excluding hydrogens is 308 g/mol. The Morgan fingerprint density at radius 2 is 2.00 bits per heavy atom. The highest BCUT2D eigenvalue weighted by Crippen LogP contribution is 2.34. The van der Waals surface area contributed by atoms with Crippen LogP contribution in [-0.4, -0.2) is 42.1 Å². The van der Waals surface area contributed by atoms with E-state index in [2.05, 4.69) is 10.1 Å². The van der Waals surface area contributed by atoms with Crippen LogP contribution in [-0.2, 0) is 11.8 Å². The molecule has 124 valence electrons. The first-order valence-corrected chi connectivity index (χ1v) is 7.49. The smallest absolute Gasteiger partial charge is 0.329 e. The van der Waals surface area contributed by atoms with E-state index >= 15 is 0 Å². The van der Waals surface area contributed by atoms with E-state index in [-0.39, 0.29) is 0 Å². The van der Waals surface area contributed by atoms with Crippen LogP contribution in [0, 0.1) is 6.92 Å². The van der Waals surface area contributed by atoms with Gasteiger partial charge >= 0.3 is 5.97 Å². The SMILES string of the molecule is Cc1c(-c2c(-c3ccccc3)ncn2[C@H](CO)C(=O)O)cnn1C. The van der Waals surface area contributed by atoms with Gasteiger partial charge in [-0.25, -0.2) is 9.78 Å². The number of aromatic nitrogens is 4. The second-order valence-electron chi connectivity index (χ2n) is 5.52. The Morgan fingerprint density at radius 3 is 2.54 bits per heavy atom. The number of hydrogen-bond acceptors (Lipinski definition) is 4. The van der Waals surface area contributed by atoms with Crippen LogP contribution in [0.1, 0.15) is 11.7 Å². The van der Waals surface area contributed by atoms with Crippen molar-refractivity contribution in [1.82, 2.24) is 19.3 Å². The zero-order valence-electron chi connectivity index (χ0n) is 13.4. The fourth-order valence-corrected chi connectivity index (χ4v) is 2.69. The van der Waals surface area contributed by atoms with Crippen LogP contribution in [0.3, 0.4) is 0 Å². The van der Waals surface area contributed by atoms with E-state index in [0.29, 0.717) is 11.4 Å². The fourth-order valence-electron chi connectivity index (χ4n) is 2.69. The number of imidazole rings is 1. The monoisotopic (exact) mass is 326 g/mol. The average molecular weight is 326 g/mol. The van der Waals surface area contributed by atoms with Crippen LogP contribution >= 0.6 is 0 Å². The highest BCUT2D eigenvalue weighted by Gasteiger charge is 2.26. The summed E-state index contributed by atoms with van der Waals surface area (Å²) < 4.78 is 3.21. The van der Waals surface area contributed by atoms with E-state index in [1.807, 2.05) is 44.3 Å². The molecule has 24 heavy (non-hydrogen) atoms. The quantitative estimate of drug-likeness (QED) is 0.747. The first-order valence-electron chi connectivity index (χ1n) is 7.49. The minimum atomic E-state index is -1.11. The molecule has 0 radical (unpaired) electrons. The molecule has 0 fully saturated rings. The zero-order valence-corrected chi connectivity index (χ0v) is 13.4. The molecule has 0 aliphatic rings. The number of nitrogens with zero attached hydrogens (tertiary/aromatic N) is 4. The molecule has 1 aromatic carbocycles. The summed E-state index contributed by atoms with van der Waals surface area (Å²) in [7, 11) is 1.82. The van der Waals surface area contributed by atoms with E-state index in [4.69, 9.17) is 0 Å². The Bertz CT molecular complexity index is 867. The van der Waals surface area contributed by atoms with Crippen molar-refractivity contribution in [3.05, 3.63) is 48.5 Å². The van der Waals surface area contributed by atoms with Gasteiger partial charge in [0.15, 0.2) is 6.04 Å². The van der Waals surface area contributed by atoms with E-state index in [1.165, 1.54) is 10.9 Å². The van der Waals surface area contributed by atoms with Gasteiger partial charge in [-0.1, -0.05) is 30.3 Å². The van der Waals surface area contributed by atoms with Crippen LogP contribution in [0.5, 0.6) is 0 Å². The maximum absolute atomic E-state index is 11.5. The average Bonchev–Trinajstić information content (AvgIpc) is 3.13. The lowest BCUT2D eigenvalue weighted by Gasteiger charge is -2.15. The summed E-state index contributed by atoms with van der Waals surface area (Å²) in [4.78, 5) is 15.9. The second-order valence-corrected chi connectivity index (χ2v) is 5.52. The third-order valence-corrected chi connectivity index (χ3v) is 4.13. The van der Waals surface area contributed by atoms with Gasteiger partial charge in [-0.05, 0) is 6.92 Å². The highest BCUT2D eigenvalue weighted by atomic mass is 16.4. The summed E-state index contributed by atoms with van der Waals surface area (Å²) in [5, 5.41) is 23.2. The summed E-state index contributed by atoms with van der Waals surface area (Å²) in [6.07, 6.45) is 3.14. The van der Waals surface area contributed by atoms with Crippen molar-refractivity contribution in [2.24, 2.45) is 7.05 Å². The molecule has 0 aliphatic heterocycles. The van der Waals surface area contributed by atoms with E-state index in [1.54, 1.807) is 10.9 Å². The van der Waals surface area contributed by atoms with Crippen molar-refractivity contribution in [3.8, 4) is 22.5 Å². The molecular formula is C17H18N4O3. The molecule has 0 spiro atoms. The number of aliphatic hydroxyl groups is 1. The van der Waals surface area contributed by atoms with Crippen molar-refractivity contribution in [2.45, 2.75) is 13.0 Å². The van der Waals surface area contributed by atoms with Gasteiger partial charge in [-0.15, -0.1) is 0 Å². The minimum Gasteiger partial charge on any atom is -0.480 e. The van der Waals surface area contributed by atoms with Gasteiger partial charge in [0, 0.05) is 23.9 Å². The van der Waals surface area contributed by atoms with Crippen LogP contribution in [0.25, 0.3) is 22.5 Å². The third-order valence-electron chi connectivity index (χ3n) is 4.13. The minimum absolute atomic E-state index is 0.522. The Hall–Kier alpha value is -2.93. The Balaban J connectivity index is 2.27. The van der Waals surface area contributed by atoms with Gasteiger partial charge in [-0.2, -0.15) is 5.10 Å². The molecule has 0 amide bonds. The van der Waals surface area contributed by atoms with Gasteiger partial charge < -0.3 is 14.8 Å². The standard InChI is InChI=1S/C17H18N4O3/c1-11-13(8-19-20(11)2)16-15(12-6-4-3-5-7-12)18-10-21(16)14(9-22)17(23)24/h3-8,10,14,22H,9H2,1-2H3,(H,23,24)/t14-/m1/s1. The molecule has 1 atom stereocenters. The van der Waals surface area contributed by atoms with Gasteiger partial charge in [-0.3, -0.25) is 4.68 Å². The van der Waals surface area contributed by atoms with Crippen LogP contribution in [0.4, 0.5) is 0 Å². The topological polar surface area (TPSA) is 93.2 Å². The number of carboxylic acid groups (broad SMARTS) is 1. The maximum atomic E-state index is 11.5. The van der Waals surface area contributed by atoms with E-state index in [9.17, 15) is 15.0 Å². The number of rotatable bonds is 5. The number of aliphatic hydroxyl groups excluding tert-OH is 1. The van der Waals surface area contributed by atoms with E-state index in [0.717, 1.165) is 16.8 Å². The van der Waals surface area contributed by atoms with Crippen molar-refractivity contribution < 1.29 is 15.0 Å². The zero-order chi connectivity index (χ0) is 17.3. The molecule has 0 bridgehead atoms. The van der Waals surface area contributed by atoms with E-state index < -0.39 is 18.6 Å². The number of hydrogen-bond donors (Lipinski definition) is 2. The van der Waals surface area contributed by atoms with Gasteiger partial charge in [0.1, 0.15) is 0 Å². The second kappa shape index (κ2) is 6.29. The van der Waals surface area contributed by atoms with Crippen molar-refractivity contribution in [1.29, 1.82) is 0 Å². The molecule has 0 unspecified atom stereocenters. The Kier molecular flexibility index (Phi) is 4.18. The van der Waals surface area contributed by atoms with Crippen LogP contribution in [0.15, 0.2) is 42.9 Å². The van der Waals surface area contributed by atoms with Gasteiger partial charge in [0.25, 0.3) is 0 Å². The lowest BCUT2D eigenvalue weighted by atomic mass is 10.0. The lowest BCUT2D eigenvalue weighted by molar-refractivity contribution is -0.142. The largest absolute Gasteiger partial charge is 0.480 e. The number of benzene rings is 1. The number of aliphatic carboxylic acids is 1. The molecule has 0 aliphatic carbocycles. The van der Waals surface area contributed by atoms with Gasteiger partial charge in [0.2, 0.25) is 0 Å². The fraction of sp³-hybridized carbons (Fsp3) is 0.235.